The van der Waals surface area contributed by atoms with Crippen LogP contribution in [0.2, 0.25) is 0 Å². The van der Waals surface area contributed by atoms with Crippen molar-refractivity contribution in [2.45, 2.75) is 25.3 Å². The quantitative estimate of drug-likeness (QED) is 0.654. The van der Waals surface area contributed by atoms with Gasteiger partial charge in [-0.25, -0.2) is 18.1 Å². The second-order valence-electron chi connectivity index (χ2n) is 7.55. The third-order valence-corrected chi connectivity index (χ3v) is 7.10. The van der Waals surface area contributed by atoms with E-state index < -0.39 is 10.0 Å². The number of aromatic nitrogens is 2. The molecular formula is C22H27N5O2S. The largest absolute Gasteiger partial charge is 0.354 e. The normalized spacial score (nSPS) is 15.6. The number of piperazine rings is 1. The van der Waals surface area contributed by atoms with E-state index >= 15 is 0 Å². The van der Waals surface area contributed by atoms with E-state index in [1.165, 1.54) is 0 Å². The molecule has 8 heteroatoms. The van der Waals surface area contributed by atoms with Gasteiger partial charge in [-0.05, 0) is 48.9 Å². The van der Waals surface area contributed by atoms with Crippen molar-refractivity contribution in [1.82, 2.24) is 19.6 Å². The molecule has 0 saturated carbocycles. The van der Waals surface area contributed by atoms with Crippen LogP contribution in [0, 0.1) is 6.92 Å². The minimum atomic E-state index is -3.68. The van der Waals surface area contributed by atoms with Gasteiger partial charge in [-0.1, -0.05) is 19.1 Å². The molecule has 1 N–H and O–H groups in total. The van der Waals surface area contributed by atoms with Crippen molar-refractivity contribution < 1.29 is 8.42 Å². The van der Waals surface area contributed by atoms with E-state index in [-0.39, 0.29) is 11.4 Å². The number of nitrogens with zero attached hydrogens (tertiary/aromatic N) is 4. The van der Waals surface area contributed by atoms with E-state index in [0.717, 1.165) is 49.7 Å². The van der Waals surface area contributed by atoms with Crippen molar-refractivity contribution in [3.05, 3.63) is 59.9 Å². The Balaban J connectivity index is 1.45. The number of aryl methyl sites for hydroxylation is 1. The molecule has 4 rings (SSSR count). The number of benzene rings is 1. The van der Waals surface area contributed by atoms with Crippen molar-refractivity contribution in [3.63, 3.8) is 0 Å². The summed E-state index contributed by atoms with van der Waals surface area (Å²) in [6.07, 6.45) is 3.42. The summed E-state index contributed by atoms with van der Waals surface area (Å²) in [5.41, 5.74) is 2.47. The number of likely N-dealkylation sites (N-methyl/N-ethyl adjacent to an activating group) is 1. The molecule has 0 radical (unpaired) electrons. The maximum Gasteiger partial charge on any atom is 0.241 e. The van der Waals surface area contributed by atoms with E-state index in [9.17, 15) is 8.42 Å². The fourth-order valence-corrected chi connectivity index (χ4v) is 4.99. The minimum absolute atomic E-state index is 0.189. The van der Waals surface area contributed by atoms with Gasteiger partial charge in [-0.2, -0.15) is 0 Å². The van der Waals surface area contributed by atoms with E-state index in [2.05, 4.69) is 31.4 Å². The first-order valence-corrected chi connectivity index (χ1v) is 11.7. The maximum atomic E-state index is 12.9. The first-order valence-electron chi connectivity index (χ1n) is 10.2. The summed E-state index contributed by atoms with van der Waals surface area (Å²) in [4.78, 5) is 13.8. The summed E-state index contributed by atoms with van der Waals surface area (Å²) in [6.45, 7) is 9.37. The molecule has 0 spiro atoms. The highest BCUT2D eigenvalue weighted by atomic mass is 32.2. The van der Waals surface area contributed by atoms with E-state index in [1.54, 1.807) is 36.7 Å². The SMILES string of the molecule is CCN1CCN(c2ccc(CNS(=O)(=O)c3ccc(C)c4ncccc34)cn2)CC1. The fraction of sp³-hybridized carbons (Fsp3) is 0.364. The Kier molecular flexibility index (Phi) is 5.99. The first kappa shape index (κ1) is 20.7. The summed E-state index contributed by atoms with van der Waals surface area (Å²) in [6, 6.07) is 10.9. The predicted molar refractivity (Wildman–Crippen MR) is 119 cm³/mol. The third-order valence-electron chi connectivity index (χ3n) is 5.64. The Morgan fingerprint density at radius 3 is 2.53 bits per heavy atom. The first-order chi connectivity index (χ1) is 14.5. The molecule has 7 nitrogen and oxygen atoms in total. The molecule has 3 aromatic rings. The van der Waals surface area contributed by atoms with Crippen LogP contribution >= 0.6 is 0 Å². The van der Waals surface area contributed by atoms with Gasteiger partial charge in [-0.3, -0.25) is 4.98 Å². The lowest BCUT2D eigenvalue weighted by molar-refractivity contribution is 0.270. The Morgan fingerprint density at radius 1 is 1.03 bits per heavy atom. The van der Waals surface area contributed by atoms with E-state index in [4.69, 9.17) is 0 Å². The molecule has 1 aliphatic rings. The molecule has 0 atom stereocenters. The average Bonchev–Trinajstić information content (AvgIpc) is 2.78. The monoisotopic (exact) mass is 425 g/mol. The summed E-state index contributed by atoms with van der Waals surface area (Å²) >= 11 is 0. The summed E-state index contributed by atoms with van der Waals surface area (Å²) in [7, 11) is -3.68. The number of nitrogens with one attached hydrogen (secondary N) is 1. The smallest absolute Gasteiger partial charge is 0.241 e. The molecule has 1 saturated heterocycles. The zero-order valence-electron chi connectivity index (χ0n) is 17.4. The second kappa shape index (κ2) is 8.67. The predicted octanol–water partition coefficient (Wildman–Crippen LogP) is 2.56. The van der Waals surface area contributed by atoms with Gasteiger partial charge in [0.05, 0.1) is 10.4 Å². The van der Waals surface area contributed by atoms with Gasteiger partial charge in [0.1, 0.15) is 5.82 Å². The van der Waals surface area contributed by atoms with Crippen LogP contribution < -0.4 is 9.62 Å². The van der Waals surface area contributed by atoms with Crippen molar-refractivity contribution >= 4 is 26.7 Å². The number of hydrogen-bond donors (Lipinski definition) is 1. The number of anilines is 1. The summed E-state index contributed by atoms with van der Waals surface area (Å²) < 4.78 is 28.6. The Labute approximate surface area is 177 Å². The molecule has 0 amide bonds. The molecule has 3 heterocycles. The molecule has 1 fully saturated rings. The highest BCUT2D eigenvalue weighted by Crippen LogP contribution is 2.24. The van der Waals surface area contributed by atoms with Crippen LogP contribution in [-0.4, -0.2) is 56.0 Å². The fourth-order valence-electron chi connectivity index (χ4n) is 3.78. The summed E-state index contributed by atoms with van der Waals surface area (Å²) in [5, 5.41) is 0.629. The van der Waals surface area contributed by atoms with Crippen molar-refractivity contribution in [1.29, 1.82) is 0 Å². The van der Waals surface area contributed by atoms with Gasteiger partial charge in [-0.15, -0.1) is 0 Å². The van der Waals surface area contributed by atoms with Crippen LogP contribution in [0.25, 0.3) is 10.9 Å². The highest BCUT2D eigenvalue weighted by molar-refractivity contribution is 7.89. The maximum absolute atomic E-state index is 12.9. The lowest BCUT2D eigenvalue weighted by Crippen LogP contribution is -2.46. The average molecular weight is 426 g/mol. The number of pyridine rings is 2. The lowest BCUT2D eigenvalue weighted by Gasteiger charge is -2.34. The van der Waals surface area contributed by atoms with Crippen LogP contribution in [0.1, 0.15) is 18.1 Å². The molecule has 1 aliphatic heterocycles. The van der Waals surface area contributed by atoms with Gasteiger partial charge in [0.25, 0.3) is 0 Å². The molecule has 2 aromatic heterocycles. The second-order valence-corrected chi connectivity index (χ2v) is 9.29. The molecule has 0 aliphatic carbocycles. The van der Waals surface area contributed by atoms with Crippen LogP contribution in [0.4, 0.5) is 5.82 Å². The lowest BCUT2D eigenvalue weighted by atomic mass is 10.1. The molecule has 1 aromatic carbocycles. The van der Waals surface area contributed by atoms with Crippen molar-refractivity contribution in [2.75, 3.05) is 37.6 Å². The van der Waals surface area contributed by atoms with Crippen LogP contribution in [0.3, 0.4) is 0 Å². The Hall–Kier alpha value is -2.55. The van der Waals surface area contributed by atoms with Gasteiger partial charge in [0.15, 0.2) is 0 Å². The van der Waals surface area contributed by atoms with Crippen molar-refractivity contribution in [3.8, 4) is 0 Å². The number of hydrogen-bond acceptors (Lipinski definition) is 6. The molecule has 158 valence electrons. The van der Waals surface area contributed by atoms with Crippen LogP contribution in [0.5, 0.6) is 0 Å². The summed E-state index contributed by atoms with van der Waals surface area (Å²) in [5.74, 6) is 0.938. The minimum Gasteiger partial charge on any atom is -0.354 e. The van der Waals surface area contributed by atoms with Gasteiger partial charge in [0.2, 0.25) is 10.0 Å². The van der Waals surface area contributed by atoms with Gasteiger partial charge < -0.3 is 9.80 Å². The Bertz CT molecular complexity index is 1120. The molecule has 0 unspecified atom stereocenters. The van der Waals surface area contributed by atoms with Gasteiger partial charge >= 0.3 is 0 Å². The number of fused-ring (bicyclic) bond motifs is 1. The van der Waals surface area contributed by atoms with Crippen molar-refractivity contribution in [2.24, 2.45) is 0 Å². The topological polar surface area (TPSA) is 78.4 Å². The zero-order chi connectivity index (χ0) is 21.1. The molecular weight excluding hydrogens is 398 g/mol. The standard InChI is InChI=1S/C22H27N5O2S/c1-3-26-11-13-27(14-12-26)21-9-7-18(15-24-21)16-25-30(28,29)20-8-6-17(2)22-19(20)5-4-10-23-22/h4-10,15,25H,3,11-14,16H2,1-2H3. The molecule has 0 bridgehead atoms. The Morgan fingerprint density at radius 2 is 1.83 bits per heavy atom. The molecule has 30 heavy (non-hydrogen) atoms. The van der Waals surface area contributed by atoms with Crippen LogP contribution in [-0.2, 0) is 16.6 Å². The third kappa shape index (κ3) is 4.30. The van der Waals surface area contributed by atoms with Crippen LogP contribution in [0.15, 0.2) is 53.7 Å². The number of rotatable bonds is 6. The number of sulfonamides is 1. The van der Waals surface area contributed by atoms with Gasteiger partial charge in [0, 0.05) is 50.5 Å². The van der Waals surface area contributed by atoms with E-state index in [0.29, 0.717) is 10.9 Å². The van der Waals surface area contributed by atoms with E-state index in [1.807, 2.05) is 19.1 Å². The zero-order valence-corrected chi connectivity index (χ0v) is 18.2. The highest BCUT2D eigenvalue weighted by Gasteiger charge is 2.19.